The van der Waals surface area contributed by atoms with Gasteiger partial charge in [0.2, 0.25) is 0 Å². The zero-order chi connectivity index (χ0) is 13.3. The topological polar surface area (TPSA) is 50.7 Å². The van der Waals surface area contributed by atoms with E-state index < -0.39 is 5.72 Å². The molecular formula is C13H16BrNO3. The lowest BCUT2D eigenvalue weighted by Gasteiger charge is -2.33. The number of methoxy groups -OCH3 is 2. The molecule has 2 N–H and O–H groups in total. The monoisotopic (exact) mass is 313 g/mol. The summed E-state index contributed by atoms with van der Waals surface area (Å²) >= 11 is 3.38. The van der Waals surface area contributed by atoms with Crippen LogP contribution in [0.3, 0.4) is 0 Å². The standard InChI is InChI=1S/C13H16BrNO3/c1-13(16)10-6-12(18-3)11(17-2)5-8(10)4-9(7-14)15-13/h4-6,15-16H,7H2,1-3H3/t13-/m1/s1. The second-order valence-corrected chi connectivity index (χ2v) is 4.86. The number of benzene rings is 1. The molecule has 0 amide bonds. The summed E-state index contributed by atoms with van der Waals surface area (Å²) in [4.78, 5) is 0. The maximum Gasteiger partial charge on any atom is 0.161 e. The van der Waals surface area contributed by atoms with Crippen molar-refractivity contribution in [2.75, 3.05) is 19.5 Å². The maximum atomic E-state index is 10.4. The highest BCUT2D eigenvalue weighted by molar-refractivity contribution is 9.09. The number of allylic oxidation sites excluding steroid dienone is 1. The molecule has 0 spiro atoms. The molecule has 5 heteroatoms. The van der Waals surface area contributed by atoms with E-state index in [1.165, 1.54) is 0 Å². The average Bonchev–Trinajstić information content (AvgIpc) is 2.36. The molecule has 1 aromatic carbocycles. The minimum absolute atomic E-state index is 0.606. The highest BCUT2D eigenvalue weighted by Gasteiger charge is 2.31. The van der Waals surface area contributed by atoms with Crippen LogP contribution in [0.1, 0.15) is 18.1 Å². The van der Waals surface area contributed by atoms with Gasteiger partial charge in [-0.05, 0) is 30.7 Å². The van der Waals surface area contributed by atoms with Gasteiger partial charge in [-0.2, -0.15) is 0 Å². The van der Waals surface area contributed by atoms with E-state index in [1.807, 2.05) is 12.1 Å². The van der Waals surface area contributed by atoms with Crippen LogP contribution in [0.4, 0.5) is 0 Å². The van der Waals surface area contributed by atoms with Crippen LogP contribution in [0.5, 0.6) is 11.5 Å². The van der Waals surface area contributed by atoms with Crippen LogP contribution >= 0.6 is 15.9 Å². The fourth-order valence-electron chi connectivity index (χ4n) is 2.11. The Kier molecular flexibility index (Phi) is 3.54. The zero-order valence-corrected chi connectivity index (χ0v) is 12.2. The molecular weight excluding hydrogens is 298 g/mol. The Bertz CT molecular complexity index is 497. The van der Waals surface area contributed by atoms with E-state index in [4.69, 9.17) is 9.47 Å². The molecule has 0 aromatic heterocycles. The molecule has 0 saturated carbocycles. The third-order valence-electron chi connectivity index (χ3n) is 2.96. The van der Waals surface area contributed by atoms with Crippen molar-refractivity contribution < 1.29 is 14.6 Å². The van der Waals surface area contributed by atoms with Crippen molar-refractivity contribution >= 4 is 22.0 Å². The van der Waals surface area contributed by atoms with Gasteiger partial charge in [-0.1, -0.05) is 15.9 Å². The summed E-state index contributed by atoms with van der Waals surface area (Å²) < 4.78 is 10.5. The quantitative estimate of drug-likeness (QED) is 0.840. The third-order valence-corrected chi connectivity index (χ3v) is 3.56. The fourth-order valence-corrected chi connectivity index (χ4v) is 2.41. The van der Waals surface area contributed by atoms with Gasteiger partial charge in [-0.15, -0.1) is 0 Å². The van der Waals surface area contributed by atoms with Crippen LogP contribution in [0, 0.1) is 0 Å². The molecule has 1 heterocycles. The number of nitrogens with one attached hydrogen (secondary N) is 1. The maximum absolute atomic E-state index is 10.4. The molecule has 4 nitrogen and oxygen atoms in total. The normalized spacial score (nSPS) is 21.7. The second-order valence-electron chi connectivity index (χ2n) is 4.29. The van der Waals surface area contributed by atoms with Gasteiger partial charge < -0.3 is 19.9 Å². The number of hydrogen-bond donors (Lipinski definition) is 2. The number of rotatable bonds is 3. The number of halogens is 1. The molecule has 98 valence electrons. The Morgan fingerprint density at radius 2 is 1.89 bits per heavy atom. The molecule has 0 fully saturated rings. The first-order chi connectivity index (χ1) is 8.51. The van der Waals surface area contributed by atoms with Crippen LogP contribution in [0.15, 0.2) is 17.8 Å². The van der Waals surface area contributed by atoms with Gasteiger partial charge in [-0.3, -0.25) is 0 Å². The molecule has 1 aromatic rings. The highest BCUT2D eigenvalue weighted by atomic mass is 79.9. The van der Waals surface area contributed by atoms with Crippen molar-refractivity contribution in [2.24, 2.45) is 0 Å². The van der Waals surface area contributed by atoms with E-state index in [2.05, 4.69) is 21.2 Å². The molecule has 0 radical (unpaired) electrons. The molecule has 2 rings (SSSR count). The first-order valence-corrected chi connectivity index (χ1v) is 6.67. The van der Waals surface area contributed by atoms with Crippen molar-refractivity contribution in [3.05, 3.63) is 29.0 Å². The average molecular weight is 314 g/mol. The molecule has 1 atom stereocenters. The number of ether oxygens (including phenoxy) is 2. The number of aliphatic hydroxyl groups is 1. The van der Waals surface area contributed by atoms with Crippen LogP contribution < -0.4 is 14.8 Å². The Morgan fingerprint density at radius 1 is 1.28 bits per heavy atom. The summed E-state index contributed by atoms with van der Waals surface area (Å²) in [7, 11) is 3.17. The van der Waals surface area contributed by atoms with Gasteiger partial charge in [0.15, 0.2) is 17.2 Å². The predicted octanol–water partition coefficient (Wildman–Crippen LogP) is 2.21. The van der Waals surface area contributed by atoms with Crippen molar-refractivity contribution in [1.29, 1.82) is 0 Å². The van der Waals surface area contributed by atoms with Gasteiger partial charge >= 0.3 is 0 Å². The fraction of sp³-hybridized carbons (Fsp3) is 0.385. The molecule has 1 aliphatic rings. The van der Waals surface area contributed by atoms with Gasteiger partial charge in [0.1, 0.15) is 0 Å². The highest BCUT2D eigenvalue weighted by Crippen LogP contribution is 2.38. The van der Waals surface area contributed by atoms with Crippen molar-refractivity contribution in [3.63, 3.8) is 0 Å². The predicted molar refractivity (Wildman–Crippen MR) is 74.0 cm³/mol. The molecule has 0 unspecified atom stereocenters. The van der Waals surface area contributed by atoms with Crippen LogP contribution in [0.25, 0.3) is 6.08 Å². The summed E-state index contributed by atoms with van der Waals surface area (Å²) in [6.45, 7) is 1.72. The van der Waals surface area contributed by atoms with Crippen LogP contribution in [-0.4, -0.2) is 24.7 Å². The van der Waals surface area contributed by atoms with Gasteiger partial charge in [0.05, 0.1) is 14.2 Å². The van der Waals surface area contributed by atoms with Crippen molar-refractivity contribution in [2.45, 2.75) is 12.6 Å². The SMILES string of the molecule is COc1cc2c(cc1OC)[C@@](C)(O)NC(CBr)=C2. The third kappa shape index (κ3) is 2.20. The summed E-state index contributed by atoms with van der Waals surface area (Å²) in [6, 6.07) is 3.66. The zero-order valence-electron chi connectivity index (χ0n) is 10.6. The molecule has 1 aliphatic heterocycles. The Labute approximate surface area is 115 Å². The first-order valence-electron chi connectivity index (χ1n) is 5.55. The molecule has 18 heavy (non-hydrogen) atoms. The van der Waals surface area contributed by atoms with Crippen molar-refractivity contribution in [1.82, 2.24) is 5.32 Å². The largest absolute Gasteiger partial charge is 0.493 e. The van der Waals surface area contributed by atoms with E-state index in [-0.39, 0.29) is 0 Å². The van der Waals surface area contributed by atoms with Crippen molar-refractivity contribution in [3.8, 4) is 11.5 Å². The Hall–Kier alpha value is -1.20. The number of alkyl halides is 1. The Morgan fingerprint density at radius 3 is 2.44 bits per heavy atom. The van der Waals surface area contributed by atoms with E-state index >= 15 is 0 Å². The minimum Gasteiger partial charge on any atom is -0.493 e. The van der Waals surface area contributed by atoms with E-state index in [0.717, 1.165) is 16.8 Å². The Balaban J connectivity index is 2.61. The van der Waals surface area contributed by atoms with E-state index in [0.29, 0.717) is 16.8 Å². The lowest BCUT2D eigenvalue weighted by molar-refractivity contribution is 0.0291. The molecule has 0 bridgehead atoms. The first kappa shape index (κ1) is 13.2. The lowest BCUT2D eigenvalue weighted by atomic mass is 9.93. The number of fused-ring (bicyclic) bond motifs is 1. The summed E-state index contributed by atoms with van der Waals surface area (Å²) in [5.41, 5.74) is 1.49. The van der Waals surface area contributed by atoms with E-state index in [9.17, 15) is 5.11 Å². The van der Waals surface area contributed by atoms with Crippen LogP contribution in [-0.2, 0) is 5.72 Å². The van der Waals surface area contributed by atoms with Gasteiger partial charge in [0.25, 0.3) is 0 Å². The van der Waals surface area contributed by atoms with Gasteiger partial charge in [0, 0.05) is 16.6 Å². The smallest absolute Gasteiger partial charge is 0.161 e. The minimum atomic E-state index is -1.12. The van der Waals surface area contributed by atoms with Crippen LogP contribution in [0.2, 0.25) is 0 Å². The summed E-state index contributed by atoms with van der Waals surface area (Å²) in [5, 5.41) is 14.2. The number of hydrogen-bond acceptors (Lipinski definition) is 4. The second kappa shape index (κ2) is 4.82. The van der Waals surface area contributed by atoms with E-state index in [1.54, 1.807) is 27.2 Å². The van der Waals surface area contributed by atoms with Gasteiger partial charge in [-0.25, -0.2) is 0 Å². The lowest BCUT2D eigenvalue weighted by Crippen LogP contribution is -2.41. The molecule has 0 saturated heterocycles. The summed E-state index contributed by atoms with van der Waals surface area (Å²) in [6.07, 6.45) is 1.98. The summed E-state index contributed by atoms with van der Waals surface area (Å²) in [5.74, 6) is 1.26. The molecule has 0 aliphatic carbocycles.